The summed E-state index contributed by atoms with van der Waals surface area (Å²) >= 11 is 0. The second-order valence-electron chi connectivity index (χ2n) is 4.36. The highest BCUT2D eigenvalue weighted by atomic mass is 16.3. The topological polar surface area (TPSA) is 23.5 Å². The standard InChI is InChI=1S/C13H21NO/c1-10(2)14(4)11(3)13(15)12-8-6-5-7-9-12/h5-11,13,15H,1-4H3. The number of nitrogens with zero attached hydrogens (tertiary/aromatic N) is 1. The van der Waals surface area contributed by atoms with Crippen LogP contribution in [0.5, 0.6) is 0 Å². The van der Waals surface area contributed by atoms with Gasteiger partial charge < -0.3 is 5.11 Å². The predicted molar refractivity (Wildman–Crippen MR) is 63.8 cm³/mol. The van der Waals surface area contributed by atoms with Crippen LogP contribution in [-0.2, 0) is 0 Å². The van der Waals surface area contributed by atoms with E-state index in [0.717, 1.165) is 5.56 Å². The minimum atomic E-state index is -0.418. The van der Waals surface area contributed by atoms with Crippen LogP contribution in [0.25, 0.3) is 0 Å². The van der Waals surface area contributed by atoms with Crippen molar-refractivity contribution in [1.29, 1.82) is 0 Å². The van der Waals surface area contributed by atoms with Gasteiger partial charge in [-0.1, -0.05) is 30.3 Å². The molecule has 1 aromatic rings. The molecule has 0 radical (unpaired) electrons. The van der Waals surface area contributed by atoms with Crippen LogP contribution in [0.15, 0.2) is 30.3 Å². The summed E-state index contributed by atoms with van der Waals surface area (Å²) in [5.41, 5.74) is 0.984. The van der Waals surface area contributed by atoms with Crippen molar-refractivity contribution >= 4 is 0 Å². The fourth-order valence-electron chi connectivity index (χ4n) is 1.62. The van der Waals surface area contributed by atoms with E-state index in [2.05, 4.69) is 25.7 Å². The summed E-state index contributed by atoms with van der Waals surface area (Å²) in [5, 5.41) is 10.2. The third-order valence-corrected chi connectivity index (χ3v) is 3.05. The molecule has 1 rings (SSSR count). The highest BCUT2D eigenvalue weighted by Gasteiger charge is 2.21. The van der Waals surface area contributed by atoms with Gasteiger partial charge in [-0.2, -0.15) is 0 Å². The molecule has 2 heteroatoms. The maximum absolute atomic E-state index is 10.2. The third kappa shape index (κ3) is 3.05. The van der Waals surface area contributed by atoms with E-state index in [0.29, 0.717) is 6.04 Å². The van der Waals surface area contributed by atoms with Crippen molar-refractivity contribution in [3.63, 3.8) is 0 Å². The predicted octanol–water partition coefficient (Wildman–Crippen LogP) is 2.45. The zero-order valence-corrected chi connectivity index (χ0v) is 10.0. The minimum absolute atomic E-state index is 0.132. The van der Waals surface area contributed by atoms with Crippen molar-refractivity contribution in [1.82, 2.24) is 4.90 Å². The van der Waals surface area contributed by atoms with Crippen LogP contribution in [0.1, 0.15) is 32.4 Å². The molecule has 1 N–H and O–H groups in total. The Kier molecular flexibility index (Phi) is 4.30. The van der Waals surface area contributed by atoms with Crippen LogP contribution in [0.3, 0.4) is 0 Å². The molecule has 0 aliphatic heterocycles. The fourth-order valence-corrected chi connectivity index (χ4v) is 1.62. The Morgan fingerprint density at radius 2 is 1.60 bits per heavy atom. The van der Waals surface area contributed by atoms with E-state index in [-0.39, 0.29) is 6.04 Å². The van der Waals surface area contributed by atoms with Gasteiger partial charge in [0.25, 0.3) is 0 Å². The fraction of sp³-hybridized carbons (Fsp3) is 0.538. The zero-order chi connectivity index (χ0) is 11.4. The molecule has 0 spiro atoms. The van der Waals surface area contributed by atoms with Crippen LogP contribution < -0.4 is 0 Å². The number of hydrogen-bond acceptors (Lipinski definition) is 2. The van der Waals surface area contributed by atoms with Crippen molar-refractivity contribution in [2.45, 2.75) is 39.0 Å². The number of benzene rings is 1. The number of likely N-dealkylation sites (N-methyl/N-ethyl adjacent to an activating group) is 1. The van der Waals surface area contributed by atoms with Gasteiger partial charge in [0.05, 0.1) is 6.10 Å². The number of rotatable bonds is 4. The van der Waals surface area contributed by atoms with Crippen molar-refractivity contribution < 1.29 is 5.11 Å². The minimum Gasteiger partial charge on any atom is -0.387 e. The largest absolute Gasteiger partial charge is 0.387 e. The molecule has 2 atom stereocenters. The second kappa shape index (κ2) is 5.29. The Morgan fingerprint density at radius 1 is 1.07 bits per heavy atom. The molecular formula is C13H21NO. The Morgan fingerprint density at radius 3 is 2.07 bits per heavy atom. The first-order valence-electron chi connectivity index (χ1n) is 5.49. The summed E-state index contributed by atoms with van der Waals surface area (Å²) in [6.07, 6.45) is -0.418. The molecule has 0 fully saturated rings. The summed E-state index contributed by atoms with van der Waals surface area (Å²) in [6, 6.07) is 10.4. The lowest BCUT2D eigenvalue weighted by molar-refractivity contribution is 0.0571. The molecular weight excluding hydrogens is 186 g/mol. The normalized spacial score (nSPS) is 15.7. The van der Waals surface area contributed by atoms with Crippen molar-refractivity contribution in [2.75, 3.05) is 7.05 Å². The van der Waals surface area contributed by atoms with Crippen LogP contribution in [0.2, 0.25) is 0 Å². The monoisotopic (exact) mass is 207 g/mol. The quantitative estimate of drug-likeness (QED) is 0.819. The number of aliphatic hydroxyl groups is 1. The van der Waals surface area contributed by atoms with E-state index in [1.807, 2.05) is 37.4 Å². The molecule has 2 unspecified atom stereocenters. The van der Waals surface area contributed by atoms with Gasteiger partial charge in [-0.05, 0) is 33.4 Å². The van der Waals surface area contributed by atoms with E-state index in [1.54, 1.807) is 0 Å². The Hall–Kier alpha value is -0.860. The van der Waals surface area contributed by atoms with Gasteiger partial charge in [0, 0.05) is 12.1 Å². The van der Waals surface area contributed by atoms with Gasteiger partial charge in [-0.25, -0.2) is 0 Å². The maximum Gasteiger partial charge on any atom is 0.0942 e. The van der Waals surface area contributed by atoms with Gasteiger partial charge >= 0.3 is 0 Å². The van der Waals surface area contributed by atoms with Crippen LogP contribution in [0, 0.1) is 0 Å². The van der Waals surface area contributed by atoms with E-state index >= 15 is 0 Å². The number of hydrogen-bond donors (Lipinski definition) is 1. The first-order valence-corrected chi connectivity index (χ1v) is 5.49. The molecule has 0 saturated heterocycles. The summed E-state index contributed by atoms with van der Waals surface area (Å²) in [6.45, 7) is 6.32. The average Bonchev–Trinajstić information content (AvgIpc) is 2.27. The summed E-state index contributed by atoms with van der Waals surface area (Å²) in [7, 11) is 2.04. The summed E-state index contributed by atoms with van der Waals surface area (Å²) in [4.78, 5) is 2.18. The zero-order valence-electron chi connectivity index (χ0n) is 10.0. The highest BCUT2D eigenvalue weighted by Crippen LogP contribution is 2.20. The van der Waals surface area contributed by atoms with E-state index in [9.17, 15) is 5.11 Å². The van der Waals surface area contributed by atoms with E-state index < -0.39 is 6.10 Å². The molecule has 15 heavy (non-hydrogen) atoms. The van der Waals surface area contributed by atoms with Gasteiger partial charge in [0.15, 0.2) is 0 Å². The van der Waals surface area contributed by atoms with Crippen molar-refractivity contribution in [3.05, 3.63) is 35.9 Å². The lowest BCUT2D eigenvalue weighted by Crippen LogP contribution is -2.39. The Labute approximate surface area is 92.5 Å². The summed E-state index contributed by atoms with van der Waals surface area (Å²) in [5.74, 6) is 0. The molecule has 0 saturated carbocycles. The van der Waals surface area contributed by atoms with Gasteiger partial charge in [-0.3, -0.25) is 4.90 Å². The smallest absolute Gasteiger partial charge is 0.0942 e. The molecule has 0 heterocycles. The molecule has 84 valence electrons. The second-order valence-corrected chi connectivity index (χ2v) is 4.36. The molecule has 0 aliphatic carbocycles. The van der Waals surface area contributed by atoms with Crippen LogP contribution in [0.4, 0.5) is 0 Å². The van der Waals surface area contributed by atoms with Crippen molar-refractivity contribution in [2.24, 2.45) is 0 Å². The van der Waals surface area contributed by atoms with Gasteiger partial charge in [-0.15, -0.1) is 0 Å². The van der Waals surface area contributed by atoms with Crippen molar-refractivity contribution in [3.8, 4) is 0 Å². The molecule has 0 aromatic heterocycles. The van der Waals surface area contributed by atoms with E-state index in [1.165, 1.54) is 0 Å². The van der Waals surface area contributed by atoms with Gasteiger partial charge in [0.1, 0.15) is 0 Å². The van der Waals surface area contributed by atoms with Gasteiger partial charge in [0.2, 0.25) is 0 Å². The SMILES string of the molecule is CC(C)N(C)C(C)C(O)c1ccccc1. The summed E-state index contributed by atoms with van der Waals surface area (Å²) < 4.78 is 0. The molecule has 0 bridgehead atoms. The maximum atomic E-state index is 10.2. The molecule has 0 amide bonds. The first-order chi connectivity index (χ1) is 7.04. The number of aliphatic hydroxyl groups excluding tert-OH is 1. The lowest BCUT2D eigenvalue weighted by atomic mass is 10.0. The van der Waals surface area contributed by atoms with Crippen LogP contribution in [-0.4, -0.2) is 29.1 Å². The average molecular weight is 207 g/mol. The molecule has 0 aliphatic rings. The lowest BCUT2D eigenvalue weighted by Gasteiger charge is -2.32. The third-order valence-electron chi connectivity index (χ3n) is 3.05. The Bertz CT molecular complexity index is 284. The van der Waals surface area contributed by atoms with Crippen LogP contribution >= 0.6 is 0 Å². The van der Waals surface area contributed by atoms with E-state index in [4.69, 9.17) is 0 Å². The molecule has 1 aromatic carbocycles. The first kappa shape index (κ1) is 12.2. The Balaban J connectivity index is 2.73. The molecule has 2 nitrogen and oxygen atoms in total. The highest BCUT2D eigenvalue weighted by molar-refractivity contribution is 5.18.